The Bertz CT molecular complexity index is 1390. The van der Waals surface area contributed by atoms with Crippen molar-refractivity contribution in [2.45, 2.75) is 83.6 Å². The molecule has 4 rings (SSSR count). The van der Waals surface area contributed by atoms with Gasteiger partial charge >= 0.3 is 6.18 Å². The molecule has 0 saturated heterocycles. The van der Waals surface area contributed by atoms with Gasteiger partial charge in [0.05, 0.1) is 11.6 Å². The topological polar surface area (TPSA) is 148 Å². The fourth-order valence-electron chi connectivity index (χ4n) is 5.54. The lowest BCUT2D eigenvalue weighted by Crippen LogP contribution is -2.54. The quantitative estimate of drug-likeness (QED) is 0.271. The molecular weight excluding hydrogens is 572 g/mol. The molecule has 2 saturated carbocycles. The normalized spacial score (nSPS) is 17.3. The van der Waals surface area contributed by atoms with Crippen LogP contribution >= 0.6 is 0 Å². The Hall–Kier alpha value is -3.97. The van der Waals surface area contributed by atoms with Gasteiger partial charge in [-0.25, -0.2) is 4.39 Å². The highest BCUT2D eigenvalue weighted by Gasteiger charge is 2.49. The number of alkyl halides is 3. The molecule has 234 valence electrons. The number of hydrogen-bond donors (Lipinski definition) is 4. The summed E-state index contributed by atoms with van der Waals surface area (Å²) in [6, 6.07) is -0.148. The van der Waals surface area contributed by atoms with Crippen LogP contribution in [0.4, 0.5) is 23.2 Å². The molecule has 0 radical (unpaired) electrons. The predicted octanol–water partition coefficient (Wildman–Crippen LogP) is 3.72. The highest BCUT2D eigenvalue weighted by molar-refractivity contribution is 6.01. The molecule has 5 N–H and O–H groups in total. The molecular formula is C29H36F4N6O4. The zero-order valence-corrected chi connectivity index (χ0v) is 24.3. The lowest BCUT2D eigenvalue weighted by molar-refractivity contribution is -0.170. The van der Waals surface area contributed by atoms with Gasteiger partial charge in [0, 0.05) is 12.2 Å². The fraction of sp³-hybridized carbons (Fsp3) is 0.552. The lowest BCUT2D eigenvalue weighted by Gasteiger charge is -2.28. The number of nitrogens with two attached hydrogens (primary N) is 1. The van der Waals surface area contributed by atoms with Crippen LogP contribution in [0.2, 0.25) is 0 Å². The number of aryl methyl sites for hydroxylation is 1. The van der Waals surface area contributed by atoms with E-state index in [0.29, 0.717) is 11.3 Å². The van der Waals surface area contributed by atoms with E-state index < -0.39 is 53.6 Å². The SMILES string of the molecule is Cc1cc(NC(=O)[C@@H](NC(=O)c2ccnn2C(C)C)C(C2CC2)C2CC2)c(F)cc1C(C)C(=O)NC(C(N)=O)C(F)(F)F. The Kier molecular flexibility index (Phi) is 9.16. The third kappa shape index (κ3) is 7.34. The number of amides is 4. The molecule has 3 atom stereocenters. The number of anilines is 1. The molecule has 4 amide bonds. The Morgan fingerprint density at radius 3 is 2.12 bits per heavy atom. The maximum atomic E-state index is 15.3. The van der Waals surface area contributed by atoms with Gasteiger partial charge < -0.3 is 21.7 Å². The molecule has 0 spiro atoms. The van der Waals surface area contributed by atoms with E-state index in [1.165, 1.54) is 26.1 Å². The van der Waals surface area contributed by atoms with Gasteiger partial charge in [0.15, 0.2) is 0 Å². The van der Waals surface area contributed by atoms with Gasteiger partial charge in [-0.05, 0) is 100 Å². The van der Waals surface area contributed by atoms with Crippen molar-refractivity contribution in [2.75, 3.05) is 5.32 Å². The van der Waals surface area contributed by atoms with E-state index in [1.807, 2.05) is 13.8 Å². The number of aromatic nitrogens is 2. The number of nitrogens with zero attached hydrogens (tertiary/aromatic N) is 2. The number of carbonyl (C=O) groups is 4. The number of halogens is 4. The largest absolute Gasteiger partial charge is 0.417 e. The third-order valence-electron chi connectivity index (χ3n) is 8.05. The summed E-state index contributed by atoms with van der Waals surface area (Å²) >= 11 is 0. The monoisotopic (exact) mass is 608 g/mol. The summed E-state index contributed by atoms with van der Waals surface area (Å²) in [5.41, 5.74) is 5.24. The van der Waals surface area contributed by atoms with Gasteiger partial charge in [-0.3, -0.25) is 23.9 Å². The summed E-state index contributed by atoms with van der Waals surface area (Å²) < 4.78 is 56.2. The van der Waals surface area contributed by atoms with Crippen molar-refractivity contribution >= 4 is 29.3 Å². The van der Waals surface area contributed by atoms with Crippen molar-refractivity contribution < 1.29 is 36.7 Å². The Balaban J connectivity index is 1.55. The first kappa shape index (κ1) is 32.0. The van der Waals surface area contributed by atoms with Gasteiger partial charge in [-0.2, -0.15) is 18.3 Å². The second-order valence-corrected chi connectivity index (χ2v) is 11.7. The number of carbonyl (C=O) groups excluding carboxylic acids is 4. The number of benzene rings is 1. The third-order valence-corrected chi connectivity index (χ3v) is 8.05. The number of hydrogen-bond acceptors (Lipinski definition) is 5. The van der Waals surface area contributed by atoms with Crippen LogP contribution in [0.3, 0.4) is 0 Å². The van der Waals surface area contributed by atoms with Crippen molar-refractivity contribution in [1.29, 1.82) is 0 Å². The highest BCUT2D eigenvalue weighted by Crippen LogP contribution is 2.51. The summed E-state index contributed by atoms with van der Waals surface area (Å²) in [6.07, 6.45) is 0.113. The minimum absolute atomic E-state index is 0.0547. The van der Waals surface area contributed by atoms with Crippen molar-refractivity contribution in [2.24, 2.45) is 23.5 Å². The molecule has 2 fully saturated rings. The van der Waals surface area contributed by atoms with Crippen LogP contribution in [0.1, 0.15) is 80.0 Å². The smallest absolute Gasteiger partial charge is 0.368 e. The predicted molar refractivity (Wildman–Crippen MR) is 148 cm³/mol. The second kappa shape index (κ2) is 12.3. The molecule has 1 heterocycles. The minimum atomic E-state index is -5.10. The summed E-state index contributed by atoms with van der Waals surface area (Å²) in [4.78, 5) is 50.8. The van der Waals surface area contributed by atoms with E-state index in [-0.39, 0.29) is 35.0 Å². The van der Waals surface area contributed by atoms with Gasteiger partial charge in [0.2, 0.25) is 23.8 Å². The van der Waals surface area contributed by atoms with Crippen molar-refractivity contribution in [3.8, 4) is 0 Å². The zero-order chi connectivity index (χ0) is 31.8. The molecule has 1 aromatic heterocycles. The summed E-state index contributed by atoms with van der Waals surface area (Å²) in [5.74, 6) is -5.85. The molecule has 1 aromatic carbocycles. The zero-order valence-electron chi connectivity index (χ0n) is 24.3. The van der Waals surface area contributed by atoms with Crippen molar-refractivity contribution in [3.63, 3.8) is 0 Å². The van der Waals surface area contributed by atoms with Crippen molar-refractivity contribution in [3.05, 3.63) is 47.0 Å². The van der Waals surface area contributed by atoms with E-state index >= 15 is 4.39 Å². The summed E-state index contributed by atoms with van der Waals surface area (Å²) in [5, 5.41) is 11.2. The molecule has 2 unspecified atom stereocenters. The first-order valence-electron chi connectivity index (χ1n) is 14.2. The number of rotatable bonds is 12. The van der Waals surface area contributed by atoms with Crippen LogP contribution in [0.5, 0.6) is 0 Å². The molecule has 14 heteroatoms. The Labute approximate surface area is 246 Å². The van der Waals surface area contributed by atoms with Gasteiger partial charge in [0.1, 0.15) is 17.6 Å². The first-order chi connectivity index (χ1) is 20.1. The van der Waals surface area contributed by atoms with Crippen molar-refractivity contribution in [1.82, 2.24) is 20.4 Å². The van der Waals surface area contributed by atoms with Gasteiger partial charge in [-0.15, -0.1) is 0 Å². The standard InChI is InChI=1S/C29H36F4N6O4/c1-13(2)39-21(9-10-35-39)27(42)37-23(22(16-5-6-16)17-7-8-17)28(43)36-20-11-14(3)18(12-19(20)30)15(4)26(41)38-24(25(34)40)29(31,32)33/h9-13,15-17,22-24H,5-8H2,1-4H3,(H2,34,40)(H,36,43)(H,37,42)(H,38,41)/t15?,23-,24?/m0/s1. The molecule has 2 aliphatic rings. The van der Waals surface area contributed by atoms with Crippen LogP contribution in [0.25, 0.3) is 0 Å². The summed E-state index contributed by atoms with van der Waals surface area (Å²) in [6.45, 7) is 6.51. The lowest BCUT2D eigenvalue weighted by atomic mass is 9.88. The van der Waals surface area contributed by atoms with E-state index in [2.05, 4.69) is 15.7 Å². The molecule has 10 nitrogen and oxygen atoms in total. The van der Waals surface area contributed by atoms with Crippen LogP contribution in [-0.2, 0) is 14.4 Å². The molecule has 2 aliphatic carbocycles. The molecule has 0 bridgehead atoms. The Morgan fingerprint density at radius 2 is 1.60 bits per heavy atom. The number of nitrogens with one attached hydrogen (secondary N) is 3. The van der Waals surface area contributed by atoms with Crippen LogP contribution in [-0.4, -0.2) is 51.7 Å². The van der Waals surface area contributed by atoms with Crippen LogP contribution < -0.4 is 21.7 Å². The minimum Gasteiger partial charge on any atom is -0.368 e. The first-order valence-corrected chi connectivity index (χ1v) is 14.2. The molecule has 0 aliphatic heterocycles. The Morgan fingerprint density at radius 1 is 1.00 bits per heavy atom. The summed E-state index contributed by atoms with van der Waals surface area (Å²) in [7, 11) is 0. The van der Waals surface area contributed by atoms with E-state index in [1.54, 1.807) is 16.1 Å². The van der Waals surface area contributed by atoms with Gasteiger partial charge in [-0.1, -0.05) is 0 Å². The van der Waals surface area contributed by atoms with Crippen LogP contribution in [0.15, 0.2) is 24.4 Å². The highest BCUT2D eigenvalue weighted by atomic mass is 19.4. The molecule has 43 heavy (non-hydrogen) atoms. The average molecular weight is 609 g/mol. The second-order valence-electron chi connectivity index (χ2n) is 11.7. The van der Waals surface area contributed by atoms with E-state index in [9.17, 15) is 32.3 Å². The van der Waals surface area contributed by atoms with E-state index in [0.717, 1.165) is 31.7 Å². The maximum Gasteiger partial charge on any atom is 0.417 e. The van der Waals surface area contributed by atoms with Crippen LogP contribution in [0, 0.1) is 30.5 Å². The van der Waals surface area contributed by atoms with Gasteiger partial charge in [0.25, 0.3) is 5.91 Å². The average Bonchev–Trinajstić information content (AvgIpc) is 3.86. The molecule has 2 aromatic rings. The number of primary amides is 1. The maximum absolute atomic E-state index is 15.3. The van der Waals surface area contributed by atoms with E-state index in [4.69, 9.17) is 5.73 Å². The fourth-order valence-corrected chi connectivity index (χ4v) is 5.54.